The van der Waals surface area contributed by atoms with Gasteiger partial charge < -0.3 is 14.7 Å². The summed E-state index contributed by atoms with van der Waals surface area (Å²) in [7, 11) is -3.71. The molecule has 3 aromatic rings. The highest BCUT2D eigenvalue weighted by Gasteiger charge is 2.34. The number of aryl methyl sites for hydroxylation is 2. The molecule has 0 bridgehead atoms. The average molecular weight is 455 g/mol. The van der Waals surface area contributed by atoms with E-state index in [9.17, 15) is 13.2 Å². The van der Waals surface area contributed by atoms with Crippen molar-refractivity contribution in [3.05, 3.63) is 77.2 Å². The molecule has 0 saturated carbocycles. The van der Waals surface area contributed by atoms with E-state index in [-0.39, 0.29) is 29.8 Å². The van der Waals surface area contributed by atoms with Gasteiger partial charge in [0.25, 0.3) is 0 Å². The Kier molecular flexibility index (Phi) is 6.29. The molecule has 1 aliphatic heterocycles. The number of anilines is 1. The van der Waals surface area contributed by atoms with Gasteiger partial charge in [-0.2, -0.15) is 4.31 Å². The molecule has 168 valence electrons. The van der Waals surface area contributed by atoms with Gasteiger partial charge in [0.2, 0.25) is 10.0 Å². The zero-order valence-corrected chi connectivity index (χ0v) is 18.9. The number of benzene rings is 2. The standard InChI is InChI=1S/C23H26N4O4S/c1-17-22(18(2)31-25-17)32(29,30)27-14-12-26(13-15-27)23(28)24-21-11-7-6-10-20(21)16-19-8-4-3-5-9-19/h3-11H,12-16H2,1-2H3,(H,24,28). The number of nitrogens with one attached hydrogen (secondary N) is 1. The molecule has 0 aliphatic carbocycles. The van der Waals surface area contributed by atoms with E-state index >= 15 is 0 Å². The summed E-state index contributed by atoms with van der Waals surface area (Å²) in [4.78, 5) is 14.6. The quantitative estimate of drug-likeness (QED) is 0.637. The van der Waals surface area contributed by atoms with Gasteiger partial charge in [-0.25, -0.2) is 13.2 Å². The van der Waals surface area contributed by atoms with Crippen LogP contribution in [0.1, 0.15) is 22.6 Å². The minimum absolute atomic E-state index is 0.116. The van der Waals surface area contributed by atoms with E-state index in [0.29, 0.717) is 25.2 Å². The molecule has 2 amide bonds. The molecule has 2 aromatic carbocycles. The largest absolute Gasteiger partial charge is 0.360 e. The molecule has 1 N–H and O–H groups in total. The van der Waals surface area contributed by atoms with Crippen LogP contribution in [0.25, 0.3) is 0 Å². The highest BCUT2D eigenvalue weighted by molar-refractivity contribution is 7.89. The van der Waals surface area contributed by atoms with Gasteiger partial charge in [-0.15, -0.1) is 0 Å². The number of nitrogens with zero attached hydrogens (tertiary/aromatic N) is 3. The number of carbonyl (C=O) groups is 1. The lowest BCUT2D eigenvalue weighted by Gasteiger charge is -2.34. The summed E-state index contributed by atoms with van der Waals surface area (Å²) in [6, 6.07) is 17.5. The van der Waals surface area contributed by atoms with Gasteiger partial charge in [0, 0.05) is 31.9 Å². The third kappa shape index (κ3) is 4.53. The first-order valence-electron chi connectivity index (χ1n) is 10.5. The van der Waals surface area contributed by atoms with E-state index < -0.39 is 10.0 Å². The highest BCUT2D eigenvalue weighted by Crippen LogP contribution is 2.25. The van der Waals surface area contributed by atoms with Gasteiger partial charge in [-0.05, 0) is 37.5 Å². The Morgan fingerprint density at radius 2 is 1.66 bits per heavy atom. The van der Waals surface area contributed by atoms with Crippen molar-refractivity contribution in [1.82, 2.24) is 14.4 Å². The summed E-state index contributed by atoms with van der Waals surface area (Å²) in [5.41, 5.74) is 3.28. The maximum Gasteiger partial charge on any atom is 0.321 e. The molecule has 0 atom stereocenters. The molecule has 2 heterocycles. The predicted octanol–water partition coefficient (Wildman–Crippen LogP) is 3.42. The normalized spacial score (nSPS) is 15.0. The highest BCUT2D eigenvalue weighted by atomic mass is 32.2. The molecule has 1 fully saturated rings. The van der Waals surface area contributed by atoms with Crippen LogP contribution in [-0.2, 0) is 16.4 Å². The summed E-state index contributed by atoms with van der Waals surface area (Å²) >= 11 is 0. The fraction of sp³-hybridized carbons (Fsp3) is 0.304. The summed E-state index contributed by atoms with van der Waals surface area (Å²) in [5, 5.41) is 6.74. The molecule has 9 heteroatoms. The summed E-state index contributed by atoms with van der Waals surface area (Å²) in [6.07, 6.45) is 0.709. The maximum absolute atomic E-state index is 13.0. The fourth-order valence-corrected chi connectivity index (χ4v) is 5.62. The number of sulfonamides is 1. The van der Waals surface area contributed by atoms with Gasteiger partial charge in [-0.3, -0.25) is 0 Å². The Bertz CT molecular complexity index is 1180. The third-order valence-corrected chi connectivity index (χ3v) is 7.73. The van der Waals surface area contributed by atoms with Crippen molar-refractivity contribution in [3.63, 3.8) is 0 Å². The third-order valence-electron chi connectivity index (χ3n) is 5.59. The second-order valence-electron chi connectivity index (χ2n) is 7.79. The average Bonchev–Trinajstić information content (AvgIpc) is 3.14. The van der Waals surface area contributed by atoms with E-state index in [1.165, 1.54) is 4.31 Å². The molecule has 8 nitrogen and oxygen atoms in total. The number of rotatable bonds is 5. The smallest absolute Gasteiger partial charge is 0.321 e. The van der Waals surface area contributed by atoms with E-state index in [2.05, 4.69) is 22.6 Å². The Balaban J connectivity index is 1.41. The molecule has 4 rings (SSSR count). The van der Waals surface area contributed by atoms with E-state index in [4.69, 9.17) is 4.52 Å². The Hall–Kier alpha value is -3.17. The van der Waals surface area contributed by atoms with Crippen molar-refractivity contribution < 1.29 is 17.7 Å². The molecule has 1 aliphatic rings. The van der Waals surface area contributed by atoms with Crippen LogP contribution in [0.4, 0.5) is 10.5 Å². The molecule has 32 heavy (non-hydrogen) atoms. The van der Waals surface area contributed by atoms with Crippen LogP contribution in [0, 0.1) is 13.8 Å². The number of aromatic nitrogens is 1. The van der Waals surface area contributed by atoms with Crippen molar-refractivity contribution in [1.29, 1.82) is 0 Å². The molecular weight excluding hydrogens is 428 g/mol. The molecule has 0 radical (unpaired) electrons. The summed E-state index contributed by atoms with van der Waals surface area (Å²) in [5.74, 6) is 0.276. The van der Waals surface area contributed by atoms with Crippen molar-refractivity contribution >= 4 is 21.7 Å². The first kappa shape index (κ1) is 22.0. The lowest BCUT2D eigenvalue weighted by Crippen LogP contribution is -2.51. The number of para-hydroxylation sites is 1. The predicted molar refractivity (Wildman–Crippen MR) is 121 cm³/mol. The maximum atomic E-state index is 13.0. The fourth-order valence-electron chi connectivity index (χ4n) is 3.91. The number of carbonyl (C=O) groups excluding carboxylic acids is 1. The second kappa shape index (κ2) is 9.13. The zero-order chi connectivity index (χ0) is 22.7. The summed E-state index contributed by atoms with van der Waals surface area (Å²) < 4.78 is 32.4. The van der Waals surface area contributed by atoms with Crippen LogP contribution in [-0.4, -0.2) is 55.0 Å². The van der Waals surface area contributed by atoms with Crippen LogP contribution >= 0.6 is 0 Å². The van der Waals surface area contributed by atoms with Gasteiger partial charge in [-0.1, -0.05) is 53.7 Å². The Morgan fingerprint density at radius 3 is 2.31 bits per heavy atom. The van der Waals surface area contributed by atoms with Crippen LogP contribution in [0.15, 0.2) is 64.0 Å². The molecule has 1 saturated heterocycles. The first-order valence-corrected chi connectivity index (χ1v) is 11.9. The zero-order valence-electron chi connectivity index (χ0n) is 18.1. The molecule has 0 unspecified atom stereocenters. The van der Waals surface area contributed by atoms with Crippen LogP contribution in [0.5, 0.6) is 0 Å². The molecular formula is C23H26N4O4S. The number of amides is 2. The van der Waals surface area contributed by atoms with E-state index in [1.54, 1.807) is 18.7 Å². The Morgan fingerprint density at radius 1 is 1.00 bits per heavy atom. The van der Waals surface area contributed by atoms with Crippen LogP contribution < -0.4 is 5.32 Å². The van der Waals surface area contributed by atoms with Crippen molar-refractivity contribution in [2.75, 3.05) is 31.5 Å². The van der Waals surface area contributed by atoms with E-state index in [0.717, 1.165) is 16.8 Å². The monoisotopic (exact) mass is 454 g/mol. The van der Waals surface area contributed by atoms with Crippen molar-refractivity contribution in [3.8, 4) is 0 Å². The number of hydrogen-bond donors (Lipinski definition) is 1. The minimum atomic E-state index is -3.71. The lowest BCUT2D eigenvalue weighted by atomic mass is 10.0. The van der Waals surface area contributed by atoms with Gasteiger partial charge >= 0.3 is 6.03 Å². The Labute approximate surface area is 187 Å². The van der Waals surface area contributed by atoms with Gasteiger partial charge in [0.1, 0.15) is 10.6 Å². The van der Waals surface area contributed by atoms with Crippen molar-refractivity contribution in [2.45, 2.75) is 25.2 Å². The number of piperazine rings is 1. The summed E-state index contributed by atoms with van der Waals surface area (Å²) in [6.45, 7) is 4.23. The van der Waals surface area contributed by atoms with Gasteiger partial charge in [0.05, 0.1) is 0 Å². The van der Waals surface area contributed by atoms with Crippen molar-refractivity contribution in [2.24, 2.45) is 0 Å². The molecule has 0 spiro atoms. The van der Waals surface area contributed by atoms with E-state index in [1.807, 2.05) is 42.5 Å². The van der Waals surface area contributed by atoms with Crippen LogP contribution in [0.3, 0.4) is 0 Å². The second-order valence-corrected chi connectivity index (χ2v) is 9.67. The first-order chi connectivity index (χ1) is 15.4. The topological polar surface area (TPSA) is 95.8 Å². The lowest BCUT2D eigenvalue weighted by molar-refractivity contribution is 0.184. The minimum Gasteiger partial charge on any atom is -0.360 e. The molecule has 1 aromatic heterocycles. The number of hydrogen-bond acceptors (Lipinski definition) is 5. The SMILES string of the molecule is Cc1noc(C)c1S(=O)(=O)N1CCN(C(=O)Nc2ccccc2Cc2ccccc2)CC1. The number of urea groups is 1. The van der Waals surface area contributed by atoms with Gasteiger partial charge in [0.15, 0.2) is 5.76 Å². The van der Waals surface area contributed by atoms with Crippen LogP contribution in [0.2, 0.25) is 0 Å².